The third-order valence-electron chi connectivity index (χ3n) is 5.45. The smallest absolute Gasteiger partial charge is 0.180 e. The fourth-order valence-electron chi connectivity index (χ4n) is 3.94. The van der Waals surface area contributed by atoms with Gasteiger partial charge in [0.05, 0.1) is 23.9 Å². The molecule has 1 saturated heterocycles. The molecule has 5 rings (SSSR count). The maximum absolute atomic E-state index is 13.8. The van der Waals surface area contributed by atoms with E-state index in [2.05, 4.69) is 21.8 Å². The average molecular weight is 458 g/mol. The van der Waals surface area contributed by atoms with Crippen LogP contribution in [0.1, 0.15) is 18.6 Å². The molecule has 0 spiro atoms. The lowest BCUT2D eigenvalue weighted by molar-refractivity contribution is 0.0142. The van der Waals surface area contributed by atoms with Gasteiger partial charge in [0.25, 0.3) is 0 Å². The molecule has 1 aliphatic rings. The second-order valence-electron chi connectivity index (χ2n) is 7.36. The van der Waals surface area contributed by atoms with Crippen LogP contribution in [-0.2, 0) is 4.74 Å². The van der Waals surface area contributed by atoms with Crippen molar-refractivity contribution in [2.45, 2.75) is 19.1 Å². The molecular weight excluding hydrogens is 440 g/mol. The molecule has 0 unspecified atom stereocenters. The summed E-state index contributed by atoms with van der Waals surface area (Å²) >= 11 is 12.1. The van der Waals surface area contributed by atoms with Crippen LogP contribution in [0.25, 0.3) is 17.2 Å². The summed E-state index contributed by atoms with van der Waals surface area (Å²) in [5.74, 6) is 0.733. The van der Waals surface area contributed by atoms with E-state index < -0.39 is 5.82 Å². The van der Waals surface area contributed by atoms with Crippen LogP contribution in [-0.4, -0.2) is 38.5 Å². The van der Waals surface area contributed by atoms with E-state index in [-0.39, 0.29) is 17.2 Å². The van der Waals surface area contributed by atoms with Gasteiger partial charge in [0.2, 0.25) is 0 Å². The number of benzene rings is 1. The number of fused-ring (bicyclic) bond motifs is 1. The van der Waals surface area contributed by atoms with Crippen molar-refractivity contribution < 1.29 is 9.13 Å². The van der Waals surface area contributed by atoms with Crippen LogP contribution < -0.4 is 4.90 Å². The van der Waals surface area contributed by atoms with Gasteiger partial charge in [-0.1, -0.05) is 35.3 Å². The molecule has 0 saturated carbocycles. The number of hydrogen-bond donors (Lipinski definition) is 0. The summed E-state index contributed by atoms with van der Waals surface area (Å²) in [5, 5.41) is 0.687. The van der Waals surface area contributed by atoms with E-state index in [1.807, 2.05) is 30.3 Å². The molecule has 2 atom stereocenters. The number of aromatic nitrogens is 4. The first-order valence-electron chi connectivity index (χ1n) is 9.80. The molecule has 1 aromatic carbocycles. The Bertz CT molecular complexity index is 1260. The number of morpholine rings is 1. The van der Waals surface area contributed by atoms with Crippen LogP contribution >= 0.6 is 23.2 Å². The zero-order chi connectivity index (χ0) is 21.5. The number of rotatable bonds is 3. The highest BCUT2D eigenvalue weighted by Gasteiger charge is 2.31. The number of ether oxygens (including phenoxy) is 1. The molecule has 4 aromatic rings. The Morgan fingerprint density at radius 2 is 2.03 bits per heavy atom. The normalized spacial score (nSPS) is 19.2. The largest absolute Gasteiger partial charge is 0.370 e. The van der Waals surface area contributed by atoms with Crippen molar-refractivity contribution in [3.63, 3.8) is 0 Å². The van der Waals surface area contributed by atoms with Gasteiger partial charge in [0, 0.05) is 30.0 Å². The van der Waals surface area contributed by atoms with Crippen LogP contribution in [0.3, 0.4) is 0 Å². The minimum atomic E-state index is -0.518. The Hall–Kier alpha value is -2.74. The molecule has 1 fully saturated rings. The number of halogens is 3. The lowest BCUT2D eigenvalue weighted by atomic mass is 10.0. The predicted molar refractivity (Wildman–Crippen MR) is 118 cm³/mol. The molecule has 9 heteroatoms. The zero-order valence-corrected chi connectivity index (χ0v) is 18.1. The highest BCUT2D eigenvalue weighted by atomic mass is 35.5. The molecule has 0 amide bonds. The minimum absolute atomic E-state index is 0.00840. The van der Waals surface area contributed by atoms with E-state index in [1.54, 1.807) is 16.8 Å². The first-order chi connectivity index (χ1) is 15.0. The molecule has 0 N–H and O–H groups in total. The summed E-state index contributed by atoms with van der Waals surface area (Å²) in [4.78, 5) is 15.6. The summed E-state index contributed by atoms with van der Waals surface area (Å²) in [5.41, 5.74) is 2.09. The van der Waals surface area contributed by atoms with Crippen LogP contribution in [0.4, 0.5) is 10.2 Å². The van der Waals surface area contributed by atoms with Gasteiger partial charge < -0.3 is 9.64 Å². The SMILES string of the molecule is C[C@H]1[C@H](c2cccc(Cl)c2)OCCN1c1ccnc(-c2cnc3cc(F)c(Cl)cn23)n1. The van der Waals surface area contributed by atoms with E-state index in [0.29, 0.717) is 35.3 Å². The first kappa shape index (κ1) is 20.2. The maximum Gasteiger partial charge on any atom is 0.180 e. The second kappa shape index (κ2) is 8.07. The lowest BCUT2D eigenvalue weighted by Gasteiger charge is -2.40. The summed E-state index contributed by atoms with van der Waals surface area (Å²) < 4.78 is 21.5. The van der Waals surface area contributed by atoms with Gasteiger partial charge >= 0.3 is 0 Å². The van der Waals surface area contributed by atoms with Crippen molar-refractivity contribution in [1.29, 1.82) is 0 Å². The third kappa shape index (κ3) is 3.73. The molecular formula is C22H18Cl2FN5O. The maximum atomic E-state index is 13.8. The van der Waals surface area contributed by atoms with E-state index in [1.165, 1.54) is 12.3 Å². The van der Waals surface area contributed by atoms with Gasteiger partial charge in [-0.15, -0.1) is 0 Å². The fourth-order valence-corrected chi connectivity index (χ4v) is 4.29. The van der Waals surface area contributed by atoms with E-state index >= 15 is 0 Å². The highest BCUT2D eigenvalue weighted by molar-refractivity contribution is 6.31. The van der Waals surface area contributed by atoms with E-state index in [4.69, 9.17) is 32.9 Å². The fraction of sp³-hybridized carbons (Fsp3) is 0.227. The Labute approximate surface area is 188 Å². The first-order valence-corrected chi connectivity index (χ1v) is 10.6. The summed E-state index contributed by atoms with van der Waals surface area (Å²) in [7, 11) is 0. The number of nitrogens with zero attached hydrogens (tertiary/aromatic N) is 5. The number of imidazole rings is 1. The second-order valence-corrected chi connectivity index (χ2v) is 8.20. The van der Waals surface area contributed by atoms with Crippen molar-refractivity contribution in [2.75, 3.05) is 18.1 Å². The monoisotopic (exact) mass is 457 g/mol. The molecule has 6 nitrogen and oxygen atoms in total. The van der Waals surface area contributed by atoms with E-state index in [9.17, 15) is 4.39 Å². The van der Waals surface area contributed by atoms with Crippen LogP contribution in [0.2, 0.25) is 10.0 Å². The van der Waals surface area contributed by atoms with Crippen molar-refractivity contribution in [3.05, 3.63) is 76.4 Å². The number of pyridine rings is 1. The topological polar surface area (TPSA) is 55.5 Å². The quantitative estimate of drug-likeness (QED) is 0.422. The van der Waals surface area contributed by atoms with Crippen molar-refractivity contribution >= 4 is 34.7 Å². The summed E-state index contributed by atoms with van der Waals surface area (Å²) in [6.45, 7) is 3.35. The van der Waals surface area contributed by atoms with Crippen molar-refractivity contribution in [1.82, 2.24) is 19.4 Å². The van der Waals surface area contributed by atoms with Gasteiger partial charge in [-0.2, -0.15) is 0 Å². The van der Waals surface area contributed by atoms with Crippen molar-refractivity contribution in [2.24, 2.45) is 0 Å². The van der Waals surface area contributed by atoms with Gasteiger partial charge in [-0.05, 0) is 30.7 Å². The van der Waals surface area contributed by atoms with Crippen molar-refractivity contribution in [3.8, 4) is 11.5 Å². The average Bonchev–Trinajstić information content (AvgIpc) is 3.17. The Morgan fingerprint density at radius 1 is 1.16 bits per heavy atom. The van der Waals surface area contributed by atoms with Gasteiger partial charge in [-0.25, -0.2) is 19.3 Å². The predicted octanol–water partition coefficient (Wildman–Crippen LogP) is 5.20. The molecule has 0 radical (unpaired) electrons. The van der Waals surface area contributed by atoms with Crippen LogP contribution in [0, 0.1) is 5.82 Å². The molecule has 1 aliphatic heterocycles. The number of anilines is 1. The third-order valence-corrected chi connectivity index (χ3v) is 5.97. The summed E-state index contributed by atoms with van der Waals surface area (Å²) in [6, 6.07) is 10.9. The molecule has 158 valence electrons. The zero-order valence-electron chi connectivity index (χ0n) is 16.5. The van der Waals surface area contributed by atoms with Crippen LogP contribution in [0.5, 0.6) is 0 Å². The highest BCUT2D eigenvalue weighted by Crippen LogP contribution is 2.32. The van der Waals surface area contributed by atoms with Gasteiger partial charge in [0.15, 0.2) is 5.82 Å². The molecule has 0 bridgehead atoms. The molecule has 31 heavy (non-hydrogen) atoms. The number of hydrogen-bond acceptors (Lipinski definition) is 5. The Morgan fingerprint density at radius 3 is 2.87 bits per heavy atom. The summed E-state index contributed by atoms with van der Waals surface area (Å²) in [6.07, 6.45) is 4.67. The van der Waals surface area contributed by atoms with Gasteiger partial charge in [-0.3, -0.25) is 4.40 Å². The molecule has 4 heterocycles. The standard InChI is InChI=1S/C22H18Cl2FN5O/c1-13-21(14-3-2-4-15(23)9-14)31-8-7-29(13)19-5-6-26-22(28-19)18-11-27-20-10-17(25)16(24)12-30(18)20/h2-6,9-13,21H,7-8H2,1H3/t13-,21+/m0/s1. The molecule has 0 aliphatic carbocycles. The van der Waals surface area contributed by atoms with Gasteiger partial charge in [0.1, 0.15) is 29.1 Å². The Balaban J connectivity index is 1.49. The lowest BCUT2D eigenvalue weighted by Crippen LogP contribution is -2.46. The van der Waals surface area contributed by atoms with E-state index in [0.717, 1.165) is 11.4 Å². The van der Waals surface area contributed by atoms with Crippen LogP contribution in [0.15, 0.2) is 55.0 Å². The minimum Gasteiger partial charge on any atom is -0.370 e. The Kier molecular flexibility index (Phi) is 5.25. The molecule has 3 aromatic heterocycles.